The summed E-state index contributed by atoms with van der Waals surface area (Å²) in [5.74, 6) is 0.479. The summed E-state index contributed by atoms with van der Waals surface area (Å²) < 4.78 is 18.9. The molecule has 0 fully saturated rings. The van der Waals surface area contributed by atoms with Crippen LogP contribution in [0.2, 0.25) is 0 Å². The molecular weight excluding hydrogens is 255 g/mol. The van der Waals surface area contributed by atoms with Crippen molar-refractivity contribution in [2.45, 2.75) is 6.54 Å². The summed E-state index contributed by atoms with van der Waals surface area (Å²) in [6.45, 7) is 1.85. The second-order valence-corrected chi connectivity index (χ2v) is 4.65. The number of halogens is 1. The minimum absolute atomic E-state index is 0.351. The highest BCUT2D eigenvalue weighted by atomic mass is 19.1. The van der Waals surface area contributed by atoms with Crippen LogP contribution in [0.5, 0.6) is 5.75 Å². The van der Waals surface area contributed by atoms with Gasteiger partial charge in [0.2, 0.25) is 0 Å². The Labute approximate surface area is 116 Å². The van der Waals surface area contributed by atoms with Crippen LogP contribution < -0.4 is 9.64 Å². The van der Waals surface area contributed by atoms with Crippen LogP contribution in [0, 0.1) is 17.1 Å². The summed E-state index contributed by atoms with van der Waals surface area (Å²) >= 11 is 0. The summed E-state index contributed by atoms with van der Waals surface area (Å²) in [6.07, 6.45) is 0. The number of nitriles is 1. The van der Waals surface area contributed by atoms with E-state index < -0.39 is 5.82 Å². The summed E-state index contributed by atoms with van der Waals surface area (Å²) in [4.78, 5) is 2.05. The first-order valence-corrected chi connectivity index (χ1v) is 6.43. The van der Waals surface area contributed by atoms with Crippen LogP contribution in [0.15, 0.2) is 42.5 Å². The molecule has 2 aromatic rings. The van der Waals surface area contributed by atoms with Gasteiger partial charge >= 0.3 is 0 Å². The molecule has 2 aromatic carbocycles. The Bertz CT molecular complexity index is 678. The fourth-order valence-electron chi connectivity index (χ4n) is 2.40. The van der Waals surface area contributed by atoms with E-state index in [0.29, 0.717) is 25.3 Å². The summed E-state index contributed by atoms with van der Waals surface area (Å²) in [5.41, 5.74) is 2.16. The van der Waals surface area contributed by atoms with E-state index in [9.17, 15) is 4.39 Å². The highest BCUT2D eigenvalue weighted by Gasteiger charge is 2.18. The van der Waals surface area contributed by atoms with E-state index >= 15 is 0 Å². The Kier molecular flexibility index (Phi) is 3.26. The molecule has 1 heterocycles. The molecule has 0 saturated heterocycles. The molecule has 1 aliphatic rings. The van der Waals surface area contributed by atoms with Crippen LogP contribution in [-0.4, -0.2) is 13.2 Å². The average Bonchev–Trinajstić information content (AvgIpc) is 2.69. The SMILES string of the molecule is N#Cc1cc(F)ccc1N1CCOc2ccccc2C1. The largest absolute Gasteiger partial charge is 0.491 e. The van der Waals surface area contributed by atoms with E-state index in [1.165, 1.54) is 12.1 Å². The number of hydrogen-bond donors (Lipinski definition) is 0. The van der Waals surface area contributed by atoms with Gasteiger partial charge in [-0.2, -0.15) is 5.26 Å². The van der Waals surface area contributed by atoms with Gasteiger partial charge in [0.25, 0.3) is 0 Å². The lowest BCUT2D eigenvalue weighted by Crippen LogP contribution is -2.26. The third-order valence-corrected chi connectivity index (χ3v) is 3.37. The van der Waals surface area contributed by atoms with Gasteiger partial charge in [-0.15, -0.1) is 0 Å². The predicted octanol–water partition coefficient (Wildman–Crippen LogP) is 3.10. The van der Waals surface area contributed by atoms with Gasteiger partial charge in [0.15, 0.2) is 0 Å². The number of ether oxygens (including phenoxy) is 1. The molecule has 0 atom stereocenters. The lowest BCUT2D eigenvalue weighted by atomic mass is 10.1. The zero-order chi connectivity index (χ0) is 13.9. The third-order valence-electron chi connectivity index (χ3n) is 3.37. The minimum atomic E-state index is -0.392. The molecule has 4 heteroatoms. The van der Waals surface area contributed by atoms with E-state index in [4.69, 9.17) is 10.00 Å². The van der Waals surface area contributed by atoms with Gasteiger partial charge in [-0.1, -0.05) is 18.2 Å². The maximum Gasteiger partial charge on any atom is 0.124 e. The first kappa shape index (κ1) is 12.5. The molecule has 1 aliphatic heterocycles. The van der Waals surface area contributed by atoms with Gasteiger partial charge in [0.1, 0.15) is 24.2 Å². The van der Waals surface area contributed by atoms with E-state index in [1.807, 2.05) is 29.2 Å². The summed E-state index contributed by atoms with van der Waals surface area (Å²) in [5, 5.41) is 9.16. The standard InChI is InChI=1S/C16H13FN2O/c17-14-5-6-15(13(9-14)10-18)19-7-8-20-16-4-2-1-3-12(16)11-19/h1-6,9H,7-8,11H2. The summed E-state index contributed by atoms with van der Waals surface area (Å²) in [6, 6.07) is 14.2. The van der Waals surface area contributed by atoms with Crippen molar-refractivity contribution in [3.63, 3.8) is 0 Å². The van der Waals surface area contributed by atoms with E-state index in [1.54, 1.807) is 6.07 Å². The molecule has 0 spiro atoms. The van der Waals surface area contributed by atoms with Crippen LogP contribution in [0.3, 0.4) is 0 Å². The predicted molar refractivity (Wildman–Crippen MR) is 74.1 cm³/mol. The molecule has 0 N–H and O–H groups in total. The van der Waals surface area contributed by atoms with Gasteiger partial charge in [-0.25, -0.2) is 4.39 Å². The van der Waals surface area contributed by atoms with Gasteiger partial charge in [-0.3, -0.25) is 0 Å². The molecule has 100 valence electrons. The molecule has 20 heavy (non-hydrogen) atoms. The average molecular weight is 268 g/mol. The van der Waals surface area contributed by atoms with Crippen LogP contribution in [0.1, 0.15) is 11.1 Å². The molecule has 3 nitrogen and oxygen atoms in total. The Balaban J connectivity index is 1.98. The first-order chi connectivity index (χ1) is 9.78. The number of anilines is 1. The maximum atomic E-state index is 13.2. The van der Waals surface area contributed by atoms with Crippen molar-refractivity contribution in [1.82, 2.24) is 0 Å². The molecule has 0 saturated carbocycles. The van der Waals surface area contributed by atoms with Crippen LogP contribution in [0.4, 0.5) is 10.1 Å². The molecule has 3 rings (SSSR count). The number of benzene rings is 2. The van der Waals surface area contributed by atoms with E-state index in [-0.39, 0.29) is 0 Å². The highest BCUT2D eigenvalue weighted by Crippen LogP contribution is 2.28. The number of para-hydroxylation sites is 1. The second kappa shape index (κ2) is 5.22. The van der Waals surface area contributed by atoms with Gasteiger partial charge < -0.3 is 9.64 Å². The van der Waals surface area contributed by atoms with E-state index in [2.05, 4.69) is 6.07 Å². The second-order valence-electron chi connectivity index (χ2n) is 4.65. The Morgan fingerprint density at radius 1 is 1.20 bits per heavy atom. The number of rotatable bonds is 1. The molecule has 0 aliphatic carbocycles. The summed E-state index contributed by atoms with van der Waals surface area (Å²) in [7, 11) is 0. The minimum Gasteiger partial charge on any atom is -0.491 e. The van der Waals surface area contributed by atoms with Crippen molar-refractivity contribution in [3.8, 4) is 11.8 Å². The highest BCUT2D eigenvalue weighted by molar-refractivity contribution is 5.60. The van der Waals surface area contributed by atoms with Crippen molar-refractivity contribution in [1.29, 1.82) is 5.26 Å². The zero-order valence-corrected chi connectivity index (χ0v) is 10.8. The lowest BCUT2D eigenvalue weighted by molar-refractivity contribution is 0.331. The maximum absolute atomic E-state index is 13.2. The van der Waals surface area contributed by atoms with Crippen molar-refractivity contribution in [2.24, 2.45) is 0 Å². The van der Waals surface area contributed by atoms with Gasteiger partial charge in [-0.05, 0) is 24.3 Å². The molecule has 0 aromatic heterocycles. The molecular formula is C16H13FN2O. The number of fused-ring (bicyclic) bond motifs is 1. The Morgan fingerprint density at radius 2 is 2.05 bits per heavy atom. The smallest absolute Gasteiger partial charge is 0.124 e. The molecule has 0 amide bonds. The van der Waals surface area contributed by atoms with Crippen molar-refractivity contribution < 1.29 is 9.13 Å². The van der Waals surface area contributed by atoms with Crippen molar-refractivity contribution in [2.75, 3.05) is 18.1 Å². The quantitative estimate of drug-likeness (QED) is 0.797. The first-order valence-electron chi connectivity index (χ1n) is 6.43. The number of nitrogens with zero attached hydrogens (tertiary/aromatic N) is 2. The van der Waals surface area contributed by atoms with Gasteiger partial charge in [0, 0.05) is 12.1 Å². The van der Waals surface area contributed by atoms with Crippen LogP contribution >= 0.6 is 0 Å². The molecule has 0 bridgehead atoms. The lowest BCUT2D eigenvalue weighted by Gasteiger charge is -2.23. The van der Waals surface area contributed by atoms with Crippen molar-refractivity contribution in [3.05, 3.63) is 59.4 Å². The molecule has 0 radical (unpaired) electrons. The fourth-order valence-corrected chi connectivity index (χ4v) is 2.40. The normalized spacial score (nSPS) is 13.9. The molecule has 0 unspecified atom stereocenters. The Morgan fingerprint density at radius 3 is 2.90 bits per heavy atom. The fraction of sp³-hybridized carbons (Fsp3) is 0.188. The number of hydrogen-bond acceptors (Lipinski definition) is 3. The topological polar surface area (TPSA) is 36.3 Å². The monoisotopic (exact) mass is 268 g/mol. The van der Waals surface area contributed by atoms with Gasteiger partial charge in [0.05, 0.1) is 17.8 Å². The zero-order valence-electron chi connectivity index (χ0n) is 10.8. The van der Waals surface area contributed by atoms with E-state index in [0.717, 1.165) is 17.0 Å². The van der Waals surface area contributed by atoms with Crippen LogP contribution in [0.25, 0.3) is 0 Å². The van der Waals surface area contributed by atoms with Crippen LogP contribution in [-0.2, 0) is 6.54 Å². The third kappa shape index (κ3) is 2.30. The van der Waals surface area contributed by atoms with Crippen molar-refractivity contribution >= 4 is 5.69 Å². The Hall–Kier alpha value is -2.54.